The molecule has 0 spiro atoms. The molecule has 1 heterocycles. The number of hydrogen-bond donors (Lipinski definition) is 1. The normalized spacial score (nSPS) is 20.2. The van der Waals surface area contributed by atoms with Crippen molar-refractivity contribution < 1.29 is 23.9 Å². The van der Waals surface area contributed by atoms with E-state index < -0.39 is 17.6 Å². The number of nitrogens with one attached hydrogen (secondary N) is 1. The third-order valence-electron chi connectivity index (χ3n) is 6.68. The van der Waals surface area contributed by atoms with Crippen molar-refractivity contribution in [2.75, 3.05) is 13.1 Å². The number of nitrogens with zero attached hydrogens (tertiary/aromatic N) is 1. The zero-order valence-electron chi connectivity index (χ0n) is 20.9. The van der Waals surface area contributed by atoms with Crippen molar-refractivity contribution >= 4 is 18.0 Å². The van der Waals surface area contributed by atoms with Crippen LogP contribution in [0.4, 0.5) is 4.79 Å². The van der Waals surface area contributed by atoms with Gasteiger partial charge in [0.05, 0.1) is 5.41 Å². The van der Waals surface area contributed by atoms with Gasteiger partial charge in [0.15, 0.2) is 0 Å². The molecule has 3 rings (SSSR count). The van der Waals surface area contributed by atoms with E-state index in [1.54, 1.807) is 11.8 Å². The van der Waals surface area contributed by atoms with Gasteiger partial charge < -0.3 is 19.7 Å². The molecule has 1 saturated heterocycles. The van der Waals surface area contributed by atoms with Crippen LogP contribution in [0.3, 0.4) is 0 Å². The highest BCUT2D eigenvalue weighted by Crippen LogP contribution is 2.40. The third kappa shape index (κ3) is 7.07. The molecule has 7 heteroatoms. The van der Waals surface area contributed by atoms with E-state index in [0.717, 1.165) is 30.4 Å². The molecule has 1 fully saturated rings. The maximum atomic E-state index is 13.2. The number of carbonyl (C=O) groups excluding carboxylic acids is 3. The van der Waals surface area contributed by atoms with Gasteiger partial charge in [-0.15, -0.1) is 0 Å². The van der Waals surface area contributed by atoms with Crippen molar-refractivity contribution in [2.24, 2.45) is 11.3 Å². The van der Waals surface area contributed by atoms with Crippen LogP contribution in [0.1, 0.15) is 51.2 Å². The number of amides is 2. The second-order valence-electron chi connectivity index (χ2n) is 9.46. The molecule has 1 aliphatic heterocycles. The van der Waals surface area contributed by atoms with Gasteiger partial charge in [-0.25, -0.2) is 4.79 Å². The Morgan fingerprint density at radius 1 is 1.00 bits per heavy atom. The number of unbranched alkanes of at least 4 members (excludes halogenated alkanes) is 1. The second-order valence-corrected chi connectivity index (χ2v) is 9.46. The monoisotopic (exact) mass is 480 g/mol. The molecule has 7 nitrogen and oxygen atoms in total. The maximum absolute atomic E-state index is 13.2. The van der Waals surface area contributed by atoms with Crippen LogP contribution in [0.5, 0.6) is 0 Å². The van der Waals surface area contributed by atoms with E-state index in [1.807, 2.05) is 67.6 Å². The molecule has 1 aliphatic rings. The molecule has 2 aromatic carbocycles. The van der Waals surface area contributed by atoms with Crippen LogP contribution in [0, 0.1) is 11.3 Å². The fourth-order valence-corrected chi connectivity index (χ4v) is 4.48. The summed E-state index contributed by atoms with van der Waals surface area (Å²) >= 11 is 0. The Kier molecular flexibility index (Phi) is 9.29. The van der Waals surface area contributed by atoms with E-state index in [1.165, 1.54) is 0 Å². The topological polar surface area (TPSA) is 84.9 Å². The van der Waals surface area contributed by atoms with Crippen molar-refractivity contribution in [2.45, 2.75) is 59.3 Å². The minimum absolute atomic E-state index is 0.00749. The molecule has 35 heavy (non-hydrogen) atoms. The van der Waals surface area contributed by atoms with Crippen molar-refractivity contribution in [1.82, 2.24) is 10.2 Å². The molecule has 2 amide bonds. The summed E-state index contributed by atoms with van der Waals surface area (Å²) in [6.07, 6.45) is 2.15. The van der Waals surface area contributed by atoms with Crippen LogP contribution in [0.15, 0.2) is 60.7 Å². The van der Waals surface area contributed by atoms with E-state index in [9.17, 15) is 14.4 Å². The van der Waals surface area contributed by atoms with Crippen LogP contribution in [0.2, 0.25) is 0 Å². The number of ether oxygens (including phenoxy) is 2. The first-order valence-corrected chi connectivity index (χ1v) is 12.3. The Labute approximate surface area is 207 Å². The highest BCUT2D eigenvalue weighted by molar-refractivity contribution is 5.87. The first kappa shape index (κ1) is 26.3. The van der Waals surface area contributed by atoms with E-state index in [4.69, 9.17) is 9.47 Å². The average Bonchev–Trinajstić information content (AvgIpc) is 3.22. The summed E-state index contributed by atoms with van der Waals surface area (Å²) in [6, 6.07) is 18.1. The van der Waals surface area contributed by atoms with E-state index >= 15 is 0 Å². The molecule has 0 aliphatic carbocycles. The summed E-state index contributed by atoms with van der Waals surface area (Å²) in [5.41, 5.74) is 0.990. The molecule has 1 N–H and O–H groups in total. The Hall–Kier alpha value is -3.35. The number of carbonyl (C=O) groups is 3. The number of benzene rings is 2. The number of likely N-dealkylation sites (tertiary alicyclic amines) is 1. The van der Waals surface area contributed by atoms with Crippen molar-refractivity contribution in [3.05, 3.63) is 71.8 Å². The summed E-state index contributed by atoms with van der Waals surface area (Å²) in [7, 11) is 0. The zero-order chi connectivity index (χ0) is 25.3. The lowest BCUT2D eigenvalue weighted by Crippen LogP contribution is -2.47. The summed E-state index contributed by atoms with van der Waals surface area (Å²) in [4.78, 5) is 40.3. The molecule has 3 atom stereocenters. The van der Waals surface area contributed by atoms with Gasteiger partial charge in [0.1, 0.15) is 19.3 Å². The van der Waals surface area contributed by atoms with Gasteiger partial charge in [-0.3, -0.25) is 9.59 Å². The molecule has 0 radical (unpaired) electrons. The van der Waals surface area contributed by atoms with Crippen LogP contribution in [-0.4, -0.2) is 42.0 Å². The third-order valence-corrected chi connectivity index (χ3v) is 6.68. The highest BCUT2D eigenvalue weighted by Gasteiger charge is 2.51. The predicted octanol–water partition coefficient (Wildman–Crippen LogP) is 4.70. The van der Waals surface area contributed by atoms with Gasteiger partial charge in [-0.05, 0) is 37.3 Å². The van der Waals surface area contributed by atoms with Crippen molar-refractivity contribution in [1.29, 1.82) is 0 Å². The highest BCUT2D eigenvalue weighted by atomic mass is 16.5. The molecule has 0 aromatic heterocycles. The average molecular weight is 481 g/mol. The predicted molar refractivity (Wildman–Crippen MR) is 133 cm³/mol. The van der Waals surface area contributed by atoms with Crippen LogP contribution < -0.4 is 5.32 Å². The van der Waals surface area contributed by atoms with Gasteiger partial charge in [-0.1, -0.05) is 80.4 Å². The van der Waals surface area contributed by atoms with E-state index in [2.05, 4.69) is 12.2 Å². The van der Waals surface area contributed by atoms with Crippen molar-refractivity contribution in [3.63, 3.8) is 0 Å². The minimum atomic E-state index is -0.798. The second kappa shape index (κ2) is 12.4. The number of rotatable bonds is 10. The van der Waals surface area contributed by atoms with Gasteiger partial charge in [-0.2, -0.15) is 0 Å². The Balaban J connectivity index is 1.59. The lowest BCUT2D eigenvalue weighted by atomic mass is 9.77. The van der Waals surface area contributed by atoms with Gasteiger partial charge >= 0.3 is 12.1 Å². The molecule has 0 unspecified atom stereocenters. The first-order chi connectivity index (χ1) is 16.8. The fraction of sp³-hybridized carbons (Fsp3) is 0.464. The lowest BCUT2D eigenvalue weighted by molar-refractivity contribution is -0.158. The quantitative estimate of drug-likeness (QED) is 0.498. The molecule has 0 saturated carbocycles. The Bertz CT molecular complexity index is 981. The minimum Gasteiger partial charge on any atom is -0.460 e. The van der Waals surface area contributed by atoms with Crippen LogP contribution in [0.25, 0.3) is 0 Å². The van der Waals surface area contributed by atoms with Gasteiger partial charge in [0, 0.05) is 13.1 Å². The molecule has 0 bridgehead atoms. The standard InChI is InChI=1S/C28H36N2O5/c1-4-5-16-24-17-30(20-28(24,3)26(32)34-18-22-12-8-6-9-13-22)25(31)21(2)29-27(33)35-19-23-14-10-7-11-15-23/h6-15,21,24H,4-5,16-20H2,1-3H3,(H,29,33)/t21-,24-,28+/m0/s1. The SMILES string of the molecule is CCCC[C@H]1CN(C(=O)[C@H](C)NC(=O)OCc2ccccc2)C[C@@]1(C)C(=O)OCc1ccccc1. The molecule has 188 valence electrons. The fourth-order valence-electron chi connectivity index (χ4n) is 4.48. The van der Waals surface area contributed by atoms with Crippen LogP contribution >= 0.6 is 0 Å². The summed E-state index contributed by atoms with van der Waals surface area (Å²) in [6.45, 7) is 6.68. The maximum Gasteiger partial charge on any atom is 0.408 e. The first-order valence-electron chi connectivity index (χ1n) is 12.3. The van der Waals surface area contributed by atoms with E-state index in [-0.39, 0.29) is 37.6 Å². The molecular formula is C28H36N2O5. The van der Waals surface area contributed by atoms with Crippen molar-refractivity contribution in [3.8, 4) is 0 Å². The summed E-state index contributed by atoms with van der Waals surface area (Å²) in [5, 5.41) is 2.62. The lowest BCUT2D eigenvalue weighted by Gasteiger charge is -2.28. The number of esters is 1. The van der Waals surface area contributed by atoms with Gasteiger partial charge in [0.25, 0.3) is 0 Å². The summed E-state index contributed by atoms with van der Waals surface area (Å²) < 4.78 is 10.9. The largest absolute Gasteiger partial charge is 0.460 e. The summed E-state index contributed by atoms with van der Waals surface area (Å²) in [5.74, 6) is -0.532. The zero-order valence-corrected chi connectivity index (χ0v) is 20.9. The van der Waals surface area contributed by atoms with Crippen LogP contribution in [-0.2, 0) is 32.3 Å². The number of hydrogen-bond acceptors (Lipinski definition) is 5. The van der Waals surface area contributed by atoms with Gasteiger partial charge in [0.2, 0.25) is 5.91 Å². The smallest absolute Gasteiger partial charge is 0.408 e. The Morgan fingerprint density at radius 2 is 1.57 bits per heavy atom. The Morgan fingerprint density at radius 3 is 2.14 bits per heavy atom. The molecular weight excluding hydrogens is 444 g/mol. The van der Waals surface area contributed by atoms with E-state index in [0.29, 0.717) is 6.54 Å². The molecule has 2 aromatic rings. The number of alkyl carbamates (subject to hydrolysis) is 1.